The lowest BCUT2D eigenvalue weighted by molar-refractivity contribution is 0.1000. The van der Waals surface area contributed by atoms with Gasteiger partial charge in [0.1, 0.15) is 11.6 Å². The highest BCUT2D eigenvalue weighted by Gasteiger charge is 2.25. The zero-order valence-corrected chi connectivity index (χ0v) is 15.2. The summed E-state index contributed by atoms with van der Waals surface area (Å²) in [6.07, 6.45) is 3.10. The SMILES string of the molecule is CC1CN(C)CCC1Nc1ncc(C(N)=O)cc1Cc1ccc(F)cc1. The van der Waals surface area contributed by atoms with Gasteiger partial charge in [0.05, 0.1) is 5.56 Å². The summed E-state index contributed by atoms with van der Waals surface area (Å²) in [4.78, 5) is 18.3. The van der Waals surface area contributed by atoms with E-state index in [1.165, 1.54) is 18.3 Å². The molecule has 2 heterocycles. The number of hydrogen-bond donors (Lipinski definition) is 2. The van der Waals surface area contributed by atoms with E-state index in [0.717, 1.165) is 36.5 Å². The van der Waals surface area contributed by atoms with Crippen molar-refractivity contribution in [3.8, 4) is 0 Å². The van der Waals surface area contributed by atoms with Gasteiger partial charge in [0.15, 0.2) is 0 Å². The number of pyridine rings is 1. The Kier molecular flexibility index (Phi) is 5.52. The number of amides is 1. The van der Waals surface area contributed by atoms with Crippen LogP contribution < -0.4 is 11.1 Å². The van der Waals surface area contributed by atoms with Crippen LogP contribution in [0.5, 0.6) is 0 Å². The van der Waals surface area contributed by atoms with Crippen molar-refractivity contribution in [3.63, 3.8) is 0 Å². The molecule has 2 atom stereocenters. The molecule has 3 N–H and O–H groups in total. The van der Waals surface area contributed by atoms with Crippen molar-refractivity contribution in [2.45, 2.75) is 25.8 Å². The number of halogens is 1. The van der Waals surface area contributed by atoms with Crippen molar-refractivity contribution in [2.24, 2.45) is 11.7 Å². The van der Waals surface area contributed by atoms with Crippen LogP contribution in [0.4, 0.5) is 10.2 Å². The van der Waals surface area contributed by atoms with Gasteiger partial charge in [-0.1, -0.05) is 19.1 Å². The second kappa shape index (κ2) is 7.83. The lowest BCUT2D eigenvalue weighted by atomic mass is 9.93. The first-order valence-corrected chi connectivity index (χ1v) is 8.90. The standard InChI is InChI=1S/C20H25FN4O/c1-13-12-25(2)8-7-18(13)24-20-15(10-16(11-23-20)19(22)26)9-14-3-5-17(21)6-4-14/h3-6,10-11,13,18H,7-9,12H2,1-2H3,(H2,22,26)(H,23,24). The van der Waals surface area contributed by atoms with Crippen molar-refractivity contribution in [3.05, 3.63) is 59.0 Å². The molecule has 0 saturated carbocycles. The third-order valence-electron chi connectivity index (χ3n) is 4.99. The van der Waals surface area contributed by atoms with Crippen LogP contribution in [0.3, 0.4) is 0 Å². The summed E-state index contributed by atoms with van der Waals surface area (Å²) in [5.41, 5.74) is 7.63. The quantitative estimate of drug-likeness (QED) is 0.864. The Morgan fingerprint density at radius 3 is 2.77 bits per heavy atom. The van der Waals surface area contributed by atoms with E-state index in [1.54, 1.807) is 18.2 Å². The van der Waals surface area contributed by atoms with Crippen molar-refractivity contribution < 1.29 is 9.18 Å². The van der Waals surface area contributed by atoms with Crippen LogP contribution in [-0.4, -0.2) is 42.0 Å². The van der Waals surface area contributed by atoms with Crippen molar-refractivity contribution >= 4 is 11.7 Å². The first kappa shape index (κ1) is 18.3. The zero-order valence-electron chi connectivity index (χ0n) is 15.2. The van der Waals surface area contributed by atoms with Gasteiger partial charge >= 0.3 is 0 Å². The van der Waals surface area contributed by atoms with Crippen LogP contribution in [0, 0.1) is 11.7 Å². The molecule has 138 valence electrons. The van der Waals surface area contributed by atoms with Gasteiger partial charge in [-0.3, -0.25) is 4.79 Å². The van der Waals surface area contributed by atoms with Crippen molar-refractivity contribution in [2.75, 3.05) is 25.5 Å². The largest absolute Gasteiger partial charge is 0.367 e. The van der Waals surface area contributed by atoms with Gasteiger partial charge in [-0.05, 0) is 55.3 Å². The second-order valence-electron chi connectivity index (χ2n) is 7.18. The minimum Gasteiger partial charge on any atom is -0.367 e. The Morgan fingerprint density at radius 1 is 1.38 bits per heavy atom. The van der Waals surface area contributed by atoms with Gasteiger partial charge in [-0.25, -0.2) is 9.37 Å². The molecule has 1 aromatic heterocycles. The van der Waals surface area contributed by atoms with E-state index in [-0.39, 0.29) is 5.82 Å². The molecule has 26 heavy (non-hydrogen) atoms. The fraction of sp³-hybridized carbons (Fsp3) is 0.400. The highest BCUT2D eigenvalue weighted by Crippen LogP contribution is 2.24. The molecule has 1 aromatic carbocycles. The number of nitrogens with one attached hydrogen (secondary N) is 1. The number of carbonyl (C=O) groups is 1. The average Bonchev–Trinajstić information content (AvgIpc) is 2.60. The molecular weight excluding hydrogens is 331 g/mol. The van der Waals surface area contributed by atoms with Crippen LogP contribution in [0.25, 0.3) is 0 Å². The number of benzene rings is 1. The number of aromatic nitrogens is 1. The molecule has 1 saturated heterocycles. The van der Waals surface area contributed by atoms with Gasteiger partial charge in [0.2, 0.25) is 5.91 Å². The number of hydrogen-bond acceptors (Lipinski definition) is 4. The van der Waals surface area contributed by atoms with Gasteiger partial charge in [0, 0.05) is 25.2 Å². The molecule has 2 unspecified atom stereocenters. The van der Waals surface area contributed by atoms with E-state index < -0.39 is 5.91 Å². The van der Waals surface area contributed by atoms with Crippen molar-refractivity contribution in [1.29, 1.82) is 0 Å². The number of anilines is 1. The molecular formula is C20H25FN4O. The molecule has 5 nitrogen and oxygen atoms in total. The number of rotatable bonds is 5. The van der Waals surface area contributed by atoms with Gasteiger partial charge in [0.25, 0.3) is 0 Å². The minimum atomic E-state index is -0.503. The van der Waals surface area contributed by atoms with Crippen molar-refractivity contribution in [1.82, 2.24) is 9.88 Å². The Balaban J connectivity index is 1.86. The van der Waals surface area contributed by atoms with Crippen LogP contribution in [0.1, 0.15) is 34.8 Å². The van der Waals surface area contributed by atoms with E-state index in [2.05, 4.69) is 29.2 Å². The summed E-state index contributed by atoms with van der Waals surface area (Å²) in [6, 6.07) is 8.47. The number of primary amides is 1. The third-order valence-corrected chi connectivity index (χ3v) is 4.99. The van der Waals surface area contributed by atoms with E-state index in [0.29, 0.717) is 23.9 Å². The molecule has 3 rings (SSSR count). The molecule has 0 aliphatic carbocycles. The second-order valence-corrected chi connectivity index (χ2v) is 7.18. The van der Waals surface area contributed by atoms with E-state index >= 15 is 0 Å². The van der Waals surface area contributed by atoms with Crippen LogP contribution >= 0.6 is 0 Å². The summed E-state index contributed by atoms with van der Waals surface area (Å²) in [7, 11) is 2.13. The number of piperidine rings is 1. The van der Waals surface area contributed by atoms with E-state index in [1.807, 2.05) is 0 Å². The topological polar surface area (TPSA) is 71.2 Å². The number of carbonyl (C=O) groups excluding carboxylic acids is 1. The molecule has 2 aromatic rings. The first-order chi connectivity index (χ1) is 12.4. The molecule has 1 amide bonds. The highest BCUT2D eigenvalue weighted by molar-refractivity contribution is 5.93. The highest BCUT2D eigenvalue weighted by atomic mass is 19.1. The molecule has 1 aliphatic rings. The predicted molar refractivity (Wildman–Crippen MR) is 101 cm³/mol. The fourth-order valence-electron chi connectivity index (χ4n) is 3.48. The Labute approximate surface area is 153 Å². The summed E-state index contributed by atoms with van der Waals surface area (Å²) in [5.74, 6) is 0.485. The molecule has 0 bridgehead atoms. The van der Waals surface area contributed by atoms with Crippen LogP contribution in [-0.2, 0) is 6.42 Å². The van der Waals surface area contributed by atoms with Gasteiger partial charge in [-0.2, -0.15) is 0 Å². The van der Waals surface area contributed by atoms with E-state index in [9.17, 15) is 9.18 Å². The Bertz CT molecular complexity index is 778. The maximum absolute atomic E-state index is 13.2. The normalized spacial score (nSPS) is 20.7. The van der Waals surface area contributed by atoms with Gasteiger partial charge in [-0.15, -0.1) is 0 Å². The maximum atomic E-state index is 13.2. The summed E-state index contributed by atoms with van der Waals surface area (Å²) in [6.45, 7) is 4.30. The lowest BCUT2D eigenvalue weighted by Gasteiger charge is -2.35. The van der Waals surface area contributed by atoms with E-state index in [4.69, 9.17) is 5.73 Å². The first-order valence-electron chi connectivity index (χ1n) is 8.90. The number of nitrogens with zero attached hydrogens (tertiary/aromatic N) is 2. The summed E-state index contributed by atoms with van der Waals surface area (Å²) in [5, 5.41) is 3.55. The van der Waals surface area contributed by atoms with Crippen LogP contribution in [0.15, 0.2) is 36.5 Å². The summed E-state index contributed by atoms with van der Waals surface area (Å²) < 4.78 is 13.2. The zero-order chi connectivity index (χ0) is 18.7. The fourth-order valence-corrected chi connectivity index (χ4v) is 3.48. The monoisotopic (exact) mass is 356 g/mol. The Morgan fingerprint density at radius 2 is 2.12 bits per heavy atom. The van der Waals surface area contributed by atoms with Gasteiger partial charge < -0.3 is 16.0 Å². The number of nitrogens with two attached hydrogens (primary N) is 1. The lowest BCUT2D eigenvalue weighted by Crippen LogP contribution is -2.43. The molecule has 0 spiro atoms. The molecule has 1 fully saturated rings. The predicted octanol–water partition coefficient (Wildman–Crippen LogP) is 2.66. The summed E-state index contributed by atoms with van der Waals surface area (Å²) >= 11 is 0. The maximum Gasteiger partial charge on any atom is 0.250 e. The molecule has 1 aliphatic heterocycles. The average molecular weight is 356 g/mol. The Hall–Kier alpha value is -2.47. The number of likely N-dealkylation sites (tertiary alicyclic amines) is 1. The minimum absolute atomic E-state index is 0.267. The van der Waals surface area contributed by atoms with Crippen LogP contribution in [0.2, 0.25) is 0 Å². The third kappa shape index (κ3) is 4.38. The molecule has 6 heteroatoms. The smallest absolute Gasteiger partial charge is 0.250 e. The molecule has 0 radical (unpaired) electrons.